The van der Waals surface area contributed by atoms with E-state index in [4.69, 9.17) is 46.4 Å². The molecule has 0 radical (unpaired) electrons. The fraction of sp³-hybridized carbons (Fsp3) is 0.143. The summed E-state index contributed by atoms with van der Waals surface area (Å²) in [6.07, 6.45) is 0. The van der Waals surface area contributed by atoms with Crippen LogP contribution in [0.3, 0.4) is 0 Å². The molecule has 0 spiro atoms. The van der Waals surface area contributed by atoms with Gasteiger partial charge in [0.15, 0.2) is 0 Å². The van der Waals surface area contributed by atoms with Crippen LogP contribution in [0.2, 0.25) is 20.1 Å². The van der Waals surface area contributed by atoms with Crippen LogP contribution >= 0.6 is 46.4 Å². The SMILES string of the molecule is CNCc1cc(-c2c(Cl)cc(Cl)c(Cl)c2Cl)ccc1F. The molecule has 0 amide bonds. The molecule has 0 aromatic heterocycles. The van der Waals surface area contributed by atoms with Crippen LogP contribution in [0.1, 0.15) is 5.56 Å². The van der Waals surface area contributed by atoms with Crippen molar-refractivity contribution in [1.82, 2.24) is 5.32 Å². The summed E-state index contributed by atoms with van der Waals surface area (Å²) in [5.74, 6) is -0.296. The molecule has 2 aromatic carbocycles. The summed E-state index contributed by atoms with van der Waals surface area (Å²) in [6.45, 7) is 0.399. The first kappa shape index (κ1) is 15.9. The fourth-order valence-electron chi connectivity index (χ4n) is 1.89. The molecule has 0 bridgehead atoms. The second-order valence-electron chi connectivity index (χ2n) is 4.18. The predicted octanol–water partition coefficient (Wildman–Crippen LogP) is 5.83. The minimum absolute atomic E-state index is 0.229. The average Bonchev–Trinajstić information content (AvgIpc) is 2.40. The van der Waals surface area contributed by atoms with E-state index in [0.29, 0.717) is 28.3 Å². The molecule has 0 saturated heterocycles. The molecular formula is C14H10Cl4FN. The first-order valence-electron chi connectivity index (χ1n) is 5.72. The summed E-state index contributed by atoms with van der Waals surface area (Å²) >= 11 is 24.3. The van der Waals surface area contributed by atoms with E-state index in [1.165, 1.54) is 12.1 Å². The molecule has 106 valence electrons. The van der Waals surface area contributed by atoms with Crippen LogP contribution in [0.15, 0.2) is 24.3 Å². The second kappa shape index (κ2) is 6.50. The fourth-order valence-corrected chi connectivity index (χ4v) is 3.02. The van der Waals surface area contributed by atoms with Crippen LogP contribution in [0.25, 0.3) is 11.1 Å². The molecule has 0 atom stereocenters. The maximum Gasteiger partial charge on any atom is 0.127 e. The van der Waals surface area contributed by atoms with Crippen molar-refractivity contribution in [3.05, 3.63) is 55.7 Å². The first-order valence-corrected chi connectivity index (χ1v) is 7.23. The van der Waals surface area contributed by atoms with E-state index < -0.39 is 0 Å². The van der Waals surface area contributed by atoms with Gasteiger partial charge >= 0.3 is 0 Å². The summed E-state index contributed by atoms with van der Waals surface area (Å²) in [5, 5.41) is 4.03. The van der Waals surface area contributed by atoms with Gasteiger partial charge in [0.25, 0.3) is 0 Å². The summed E-state index contributed by atoms with van der Waals surface area (Å²) in [7, 11) is 1.74. The smallest absolute Gasteiger partial charge is 0.127 e. The van der Waals surface area contributed by atoms with Crippen molar-refractivity contribution in [3.63, 3.8) is 0 Å². The van der Waals surface area contributed by atoms with Crippen molar-refractivity contribution >= 4 is 46.4 Å². The molecule has 0 aliphatic heterocycles. The van der Waals surface area contributed by atoms with Gasteiger partial charge in [0, 0.05) is 17.7 Å². The molecule has 0 aliphatic rings. The van der Waals surface area contributed by atoms with Gasteiger partial charge in [-0.2, -0.15) is 0 Å². The van der Waals surface area contributed by atoms with Gasteiger partial charge < -0.3 is 5.32 Å². The van der Waals surface area contributed by atoms with E-state index in [1.54, 1.807) is 19.2 Å². The Labute approximate surface area is 136 Å². The Hall–Kier alpha value is -0.510. The van der Waals surface area contributed by atoms with Gasteiger partial charge in [0.1, 0.15) is 5.82 Å². The Kier molecular flexibility index (Phi) is 5.16. The Morgan fingerprint density at radius 1 is 1.00 bits per heavy atom. The van der Waals surface area contributed by atoms with Gasteiger partial charge in [-0.25, -0.2) is 4.39 Å². The molecule has 1 nitrogen and oxygen atoms in total. The number of hydrogen-bond donors (Lipinski definition) is 1. The lowest BCUT2D eigenvalue weighted by atomic mass is 10.0. The zero-order valence-corrected chi connectivity index (χ0v) is 13.4. The summed E-state index contributed by atoms with van der Waals surface area (Å²) < 4.78 is 13.7. The maximum absolute atomic E-state index is 13.7. The Bertz CT molecular complexity index is 658. The summed E-state index contributed by atoms with van der Waals surface area (Å²) in [6, 6.07) is 6.18. The zero-order valence-electron chi connectivity index (χ0n) is 10.4. The van der Waals surface area contributed by atoms with Crippen molar-refractivity contribution in [2.24, 2.45) is 0 Å². The van der Waals surface area contributed by atoms with E-state index in [0.717, 1.165) is 0 Å². The minimum Gasteiger partial charge on any atom is -0.316 e. The van der Waals surface area contributed by atoms with Gasteiger partial charge in [-0.15, -0.1) is 0 Å². The molecule has 0 heterocycles. The van der Waals surface area contributed by atoms with Crippen LogP contribution in [-0.4, -0.2) is 7.05 Å². The monoisotopic (exact) mass is 351 g/mol. The highest BCUT2D eigenvalue weighted by Gasteiger charge is 2.16. The first-order chi connectivity index (χ1) is 9.45. The van der Waals surface area contributed by atoms with Crippen molar-refractivity contribution in [2.75, 3.05) is 7.05 Å². The quantitative estimate of drug-likeness (QED) is 0.541. The topological polar surface area (TPSA) is 12.0 Å². The molecule has 6 heteroatoms. The van der Waals surface area contributed by atoms with Gasteiger partial charge in [0.2, 0.25) is 0 Å². The summed E-state index contributed by atoms with van der Waals surface area (Å²) in [5.41, 5.74) is 1.74. The number of nitrogens with one attached hydrogen (secondary N) is 1. The van der Waals surface area contributed by atoms with Crippen LogP contribution in [0.4, 0.5) is 4.39 Å². The third kappa shape index (κ3) is 3.05. The number of rotatable bonds is 3. The largest absolute Gasteiger partial charge is 0.316 e. The van der Waals surface area contributed by atoms with Gasteiger partial charge in [-0.05, 0) is 30.8 Å². The molecule has 0 aliphatic carbocycles. The van der Waals surface area contributed by atoms with Crippen LogP contribution in [0.5, 0.6) is 0 Å². The van der Waals surface area contributed by atoms with E-state index in [9.17, 15) is 4.39 Å². The van der Waals surface area contributed by atoms with Crippen LogP contribution in [-0.2, 0) is 6.54 Å². The van der Waals surface area contributed by atoms with Crippen molar-refractivity contribution < 1.29 is 4.39 Å². The Morgan fingerprint density at radius 2 is 1.70 bits per heavy atom. The van der Waals surface area contributed by atoms with E-state index in [-0.39, 0.29) is 20.9 Å². The van der Waals surface area contributed by atoms with Crippen molar-refractivity contribution in [1.29, 1.82) is 0 Å². The minimum atomic E-state index is -0.296. The molecule has 0 saturated carbocycles. The van der Waals surface area contributed by atoms with Crippen molar-refractivity contribution in [3.8, 4) is 11.1 Å². The maximum atomic E-state index is 13.7. The third-order valence-corrected chi connectivity index (χ3v) is 4.38. The molecular weight excluding hydrogens is 343 g/mol. The number of hydrogen-bond acceptors (Lipinski definition) is 1. The third-order valence-electron chi connectivity index (χ3n) is 2.82. The van der Waals surface area contributed by atoms with E-state index in [1.807, 2.05) is 0 Å². The standard InChI is InChI=1S/C14H10Cl4FN/c1-20-6-8-4-7(2-3-11(8)19)12-9(15)5-10(16)13(17)14(12)18/h2-5,20H,6H2,1H3. The Balaban J connectivity index is 2.63. The molecule has 0 fully saturated rings. The lowest BCUT2D eigenvalue weighted by Gasteiger charge is -2.12. The van der Waals surface area contributed by atoms with Crippen LogP contribution in [0, 0.1) is 5.82 Å². The van der Waals surface area contributed by atoms with E-state index >= 15 is 0 Å². The normalized spacial score (nSPS) is 10.9. The lowest BCUT2D eigenvalue weighted by molar-refractivity contribution is 0.601. The highest BCUT2D eigenvalue weighted by atomic mass is 35.5. The zero-order chi connectivity index (χ0) is 14.9. The highest BCUT2D eigenvalue weighted by molar-refractivity contribution is 6.51. The molecule has 1 N–H and O–H groups in total. The second-order valence-corrected chi connectivity index (χ2v) is 5.75. The number of benzene rings is 2. The molecule has 2 rings (SSSR count). The van der Waals surface area contributed by atoms with Gasteiger partial charge in [0.05, 0.1) is 20.1 Å². The molecule has 0 unspecified atom stereocenters. The number of halogens is 5. The van der Waals surface area contributed by atoms with Gasteiger partial charge in [-0.1, -0.05) is 52.5 Å². The summed E-state index contributed by atoms with van der Waals surface area (Å²) in [4.78, 5) is 0. The van der Waals surface area contributed by atoms with E-state index in [2.05, 4.69) is 5.32 Å². The molecule has 20 heavy (non-hydrogen) atoms. The van der Waals surface area contributed by atoms with Gasteiger partial charge in [-0.3, -0.25) is 0 Å². The van der Waals surface area contributed by atoms with Crippen LogP contribution < -0.4 is 5.32 Å². The lowest BCUT2D eigenvalue weighted by Crippen LogP contribution is -2.07. The highest BCUT2D eigenvalue weighted by Crippen LogP contribution is 2.43. The average molecular weight is 353 g/mol. The van der Waals surface area contributed by atoms with Crippen molar-refractivity contribution in [2.45, 2.75) is 6.54 Å². The molecule has 2 aromatic rings. The predicted molar refractivity (Wildman–Crippen MR) is 84.6 cm³/mol. The Morgan fingerprint density at radius 3 is 2.35 bits per heavy atom.